The fourth-order valence-corrected chi connectivity index (χ4v) is 2.59. The molecule has 0 radical (unpaired) electrons. The van der Waals surface area contributed by atoms with Gasteiger partial charge < -0.3 is 10.5 Å². The molecule has 0 saturated heterocycles. The van der Waals surface area contributed by atoms with E-state index in [1.165, 1.54) is 11.1 Å². The van der Waals surface area contributed by atoms with Gasteiger partial charge in [0.1, 0.15) is 11.9 Å². The van der Waals surface area contributed by atoms with E-state index in [9.17, 15) is 0 Å². The van der Waals surface area contributed by atoms with Crippen molar-refractivity contribution < 1.29 is 4.74 Å². The highest BCUT2D eigenvalue weighted by Crippen LogP contribution is 2.27. The number of rotatable bonds is 5. The lowest BCUT2D eigenvalue weighted by molar-refractivity contribution is 0.214. The number of nitrogens with two attached hydrogens (primary N) is 1. The highest BCUT2D eigenvalue weighted by atomic mass is 35.5. The summed E-state index contributed by atoms with van der Waals surface area (Å²) < 4.78 is 6.04. The zero-order valence-electron chi connectivity index (χ0n) is 12.8. The van der Waals surface area contributed by atoms with Gasteiger partial charge in [-0.2, -0.15) is 0 Å². The van der Waals surface area contributed by atoms with Crippen LogP contribution in [0.3, 0.4) is 0 Å². The van der Waals surface area contributed by atoms with Crippen molar-refractivity contribution in [2.24, 2.45) is 5.73 Å². The third-order valence-corrected chi connectivity index (χ3v) is 3.85. The zero-order chi connectivity index (χ0) is 15.4. The predicted octanol–water partition coefficient (Wildman–Crippen LogP) is 4.85. The Hall–Kier alpha value is -1.51. The molecule has 0 aliphatic heterocycles. The molecule has 0 heterocycles. The summed E-state index contributed by atoms with van der Waals surface area (Å²) in [6.07, 6.45) is -0.161. The van der Waals surface area contributed by atoms with Crippen molar-refractivity contribution in [1.29, 1.82) is 0 Å². The maximum Gasteiger partial charge on any atom is 0.136 e. The van der Waals surface area contributed by atoms with Crippen LogP contribution >= 0.6 is 11.6 Å². The number of benzene rings is 2. The van der Waals surface area contributed by atoms with Crippen LogP contribution in [0.1, 0.15) is 42.6 Å². The molecule has 0 fully saturated rings. The molecule has 1 atom stereocenters. The van der Waals surface area contributed by atoms with Crippen LogP contribution in [0.4, 0.5) is 0 Å². The van der Waals surface area contributed by atoms with Crippen molar-refractivity contribution in [2.75, 3.05) is 6.54 Å². The number of halogens is 1. The molecule has 21 heavy (non-hydrogen) atoms. The molecule has 0 saturated carbocycles. The van der Waals surface area contributed by atoms with Gasteiger partial charge in [0, 0.05) is 11.6 Å². The van der Waals surface area contributed by atoms with E-state index < -0.39 is 0 Å². The summed E-state index contributed by atoms with van der Waals surface area (Å²) in [6.45, 7) is 6.92. The third-order valence-electron chi connectivity index (χ3n) is 3.60. The molecule has 0 spiro atoms. The van der Waals surface area contributed by atoms with E-state index >= 15 is 0 Å². The first-order valence-corrected chi connectivity index (χ1v) is 7.61. The van der Waals surface area contributed by atoms with Gasteiger partial charge in [-0.05, 0) is 53.8 Å². The summed E-state index contributed by atoms with van der Waals surface area (Å²) in [6, 6.07) is 13.8. The third kappa shape index (κ3) is 3.99. The zero-order valence-corrected chi connectivity index (χ0v) is 13.5. The minimum absolute atomic E-state index is 0.161. The van der Waals surface area contributed by atoms with Crippen molar-refractivity contribution >= 4 is 11.6 Å². The minimum Gasteiger partial charge on any atom is -0.484 e. The molecule has 2 aromatic rings. The maximum atomic E-state index is 6.04. The summed E-state index contributed by atoms with van der Waals surface area (Å²) in [5.74, 6) is 1.36. The van der Waals surface area contributed by atoms with Gasteiger partial charge in [-0.15, -0.1) is 0 Å². The summed E-state index contributed by atoms with van der Waals surface area (Å²) >= 11 is 5.92. The first-order valence-electron chi connectivity index (χ1n) is 7.24. The molecule has 2 rings (SSSR count). The van der Waals surface area contributed by atoms with Gasteiger partial charge in [0.05, 0.1) is 0 Å². The molecule has 0 amide bonds. The summed E-state index contributed by atoms with van der Waals surface area (Å²) in [5, 5.41) is 0.714. The first-order chi connectivity index (χ1) is 10.0. The molecular formula is C18H22ClNO. The normalized spacial score (nSPS) is 12.5. The molecule has 0 bridgehead atoms. The molecule has 0 aliphatic carbocycles. The van der Waals surface area contributed by atoms with Crippen LogP contribution in [-0.4, -0.2) is 6.54 Å². The van der Waals surface area contributed by atoms with Crippen LogP contribution < -0.4 is 10.5 Å². The molecule has 0 aliphatic rings. The lowest BCUT2D eigenvalue weighted by Crippen LogP contribution is -2.18. The van der Waals surface area contributed by atoms with Gasteiger partial charge >= 0.3 is 0 Å². The molecule has 3 heteroatoms. The average molecular weight is 304 g/mol. The van der Waals surface area contributed by atoms with Gasteiger partial charge in [0.2, 0.25) is 0 Å². The molecule has 0 aromatic heterocycles. The van der Waals surface area contributed by atoms with Gasteiger partial charge in [-0.3, -0.25) is 0 Å². The standard InChI is InChI=1S/C18H22ClNO/c1-12(2)17-9-8-16(10-13(17)3)21-18(11-20)14-4-6-15(19)7-5-14/h4-10,12,18H,11,20H2,1-3H3. The molecule has 1 unspecified atom stereocenters. The predicted molar refractivity (Wildman–Crippen MR) is 89.1 cm³/mol. The second kappa shape index (κ2) is 6.97. The van der Waals surface area contributed by atoms with Gasteiger partial charge in [-0.1, -0.05) is 43.6 Å². The van der Waals surface area contributed by atoms with Crippen LogP contribution in [0.5, 0.6) is 5.75 Å². The Bertz CT molecular complexity index is 593. The molecule has 112 valence electrons. The number of hydrogen-bond donors (Lipinski definition) is 1. The smallest absolute Gasteiger partial charge is 0.136 e. The first kappa shape index (κ1) is 15.9. The second-order valence-corrected chi connectivity index (χ2v) is 6.00. The topological polar surface area (TPSA) is 35.2 Å². The van der Waals surface area contributed by atoms with Crippen molar-refractivity contribution in [1.82, 2.24) is 0 Å². The van der Waals surface area contributed by atoms with Crippen LogP contribution in [0.15, 0.2) is 42.5 Å². The summed E-state index contributed by atoms with van der Waals surface area (Å²) in [5.41, 5.74) is 9.47. The van der Waals surface area contributed by atoms with E-state index in [2.05, 4.69) is 32.9 Å². The van der Waals surface area contributed by atoms with E-state index in [1.54, 1.807) is 0 Å². The average Bonchev–Trinajstić information content (AvgIpc) is 2.45. The summed E-state index contributed by atoms with van der Waals surface area (Å²) in [4.78, 5) is 0. The van der Waals surface area contributed by atoms with Gasteiger partial charge in [0.25, 0.3) is 0 Å². The van der Waals surface area contributed by atoms with E-state index in [0.29, 0.717) is 17.5 Å². The van der Waals surface area contributed by atoms with Crippen molar-refractivity contribution in [3.05, 3.63) is 64.2 Å². The van der Waals surface area contributed by atoms with Crippen molar-refractivity contribution in [3.63, 3.8) is 0 Å². The van der Waals surface area contributed by atoms with Gasteiger partial charge in [0.15, 0.2) is 0 Å². The van der Waals surface area contributed by atoms with E-state index in [4.69, 9.17) is 22.1 Å². The Balaban J connectivity index is 2.19. The Labute approximate surface area is 131 Å². The fraction of sp³-hybridized carbons (Fsp3) is 0.333. The van der Waals surface area contributed by atoms with Crippen molar-refractivity contribution in [2.45, 2.75) is 32.8 Å². The minimum atomic E-state index is -0.161. The van der Waals surface area contributed by atoms with Crippen LogP contribution in [-0.2, 0) is 0 Å². The lowest BCUT2D eigenvalue weighted by atomic mass is 9.98. The van der Waals surface area contributed by atoms with Crippen LogP contribution in [0, 0.1) is 6.92 Å². The molecule has 2 nitrogen and oxygen atoms in total. The Morgan fingerprint density at radius 1 is 1.10 bits per heavy atom. The van der Waals surface area contributed by atoms with E-state index in [-0.39, 0.29) is 6.10 Å². The Kier molecular flexibility index (Phi) is 5.27. The van der Waals surface area contributed by atoms with Crippen LogP contribution in [0.25, 0.3) is 0 Å². The SMILES string of the molecule is Cc1cc(OC(CN)c2ccc(Cl)cc2)ccc1C(C)C. The fourth-order valence-electron chi connectivity index (χ4n) is 2.46. The van der Waals surface area contributed by atoms with Gasteiger partial charge in [-0.25, -0.2) is 0 Å². The second-order valence-electron chi connectivity index (χ2n) is 5.57. The highest BCUT2D eigenvalue weighted by Gasteiger charge is 2.12. The van der Waals surface area contributed by atoms with Crippen LogP contribution in [0.2, 0.25) is 5.02 Å². The van der Waals surface area contributed by atoms with Crippen molar-refractivity contribution in [3.8, 4) is 5.75 Å². The highest BCUT2D eigenvalue weighted by molar-refractivity contribution is 6.30. The monoisotopic (exact) mass is 303 g/mol. The maximum absolute atomic E-state index is 6.04. The number of ether oxygens (including phenoxy) is 1. The number of hydrogen-bond acceptors (Lipinski definition) is 2. The quantitative estimate of drug-likeness (QED) is 0.857. The Morgan fingerprint density at radius 3 is 2.29 bits per heavy atom. The molecule has 2 N–H and O–H groups in total. The van der Waals surface area contributed by atoms with E-state index in [0.717, 1.165) is 11.3 Å². The number of aryl methyl sites for hydroxylation is 1. The van der Waals surface area contributed by atoms with E-state index in [1.807, 2.05) is 30.3 Å². The summed E-state index contributed by atoms with van der Waals surface area (Å²) in [7, 11) is 0. The Morgan fingerprint density at radius 2 is 1.76 bits per heavy atom. The largest absolute Gasteiger partial charge is 0.484 e. The lowest BCUT2D eigenvalue weighted by Gasteiger charge is -2.19. The molecule has 2 aromatic carbocycles. The molecular weight excluding hydrogens is 282 g/mol.